The first-order chi connectivity index (χ1) is 14.2. The fraction of sp³-hybridized carbons (Fsp3) is 0.300. The zero-order valence-corrected chi connectivity index (χ0v) is 16.7. The molecule has 0 radical (unpaired) electrons. The first-order valence-electron chi connectivity index (χ1n) is 9.50. The molecule has 1 aromatic carbocycles. The van der Waals surface area contributed by atoms with Crippen molar-refractivity contribution in [2.75, 3.05) is 39.3 Å². The van der Waals surface area contributed by atoms with Gasteiger partial charge in [-0.05, 0) is 23.6 Å². The number of rotatable bonds is 6. The molecule has 1 saturated heterocycles. The third-order valence-corrected chi connectivity index (χ3v) is 5.54. The predicted octanol–water partition coefficient (Wildman–Crippen LogP) is 1.52. The molecule has 3 aromatic rings. The molecule has 0 unspecified atom stereocenters. The summed E-state index contributed by atoms with van der Waals surface area (Å²) in [6.45, 7) is 4.17. The molecule has 0 bridgehead atoms. The van der Waals surface area contributed by atoms with Crippen LogP contribution in [-0.2, 0) is 0 Å². The molecule has 0 spiro atoms. The Bertz CT molecular complexity index is 949. The number of aromatic nitrogens is 3. The molecular formula is C20H22N6O2S. The van der Waals surface area contributed by atoms with E-state index in [0.29, 0.717) is 30.9 Å². The van der Waals surface area contributed by atoms with Crippen LogP contribution in [0.2, 0.25) is 0 Å². The first-order valence-corrected chi connectivity index (χ1v) is 10.4. The Morgan fingerprint density at radius 2 is 1.86 bits per heavy atom. The van der Waals surface area contributed by atoms with Crippen LogP contribution in [0.1, 0.15) is 20.8 Å². The van der Waals surface area contributed by atoms with Crippen LogP contribution in [0.3, 0.4) is 0 Å². The lowest BCUT2D eigenvalue weighted by Gasteiger charge is -2.34. The molecule has 8 nitrogen and oxygen atoms in total. The number of carbonyl (C=O) groups is 2. The van der Waals surface area contributed by atoms with E-state index in [1.54, 1.807) is 4.90 Å². The summed E-state index contributed by atoms with van der Waals surface area (Å²) in [5, 5.41) is 15.2. The van der Waals surface area contributed by atoms with Crippen LogP contribution in [0, 0.1) is 0 Å². The van der Waals surface area contributed by atoms with Crippen LogP contribution in [0.5, 0.6) is 0 Å². The van der Waals surface area contributed by atoms with Crippen molar-refractivity contribution in [3.63, 3.8) is 0 Å². The second-order valence-electron chi connectivity index (χ2n) is 6.76. The minimum atomic E-state index is -0.0995. The van der Waals surface area contributed by atoms with Crippen molar-refractivity contribution in [3.05, 3.63) is 64.6 Å². The first kappa shape index (κ1) is 19.3. The highest BCUT2D eigenvalue weighted by molar-refractivity contribution is 7.08. The lowest BCUT2D eigenvalue weighted by Crippen LogP contribution is -2.50. The number of nitrogens with zero attached hydrogens (tertiary/aromatic N) is 5. The fourth-order valence-corrected chi connectivity index (χ4v) is 3.84. The van der Waals surface area contributed by atoms with Gasteiger partial charge in [-0.25, -0.2) is 0 Å². The molecule has 4 rings (SSSR count). The van der Waals surface area contributed by atoms with E-state index in [-0.39, 0.29) is 11.8 Å². The van der Waals surface area contributed by atoms with Gasteiger partial charge in [-0.15, -0.1) is 5.10 Å². The average molecular weight is 411 g/mol. The Balaban J connectivity index is 1.24. The number of nitrogens with one attached hydrogen (secondary N) is 1. The van der Waals surface area contributed by atoms with Crippen molar-refractivity contribution in [1.29, 1.82) is 0 Å². The van der Waals surface area contributed by atoms with Crippen molar-refractivity contribution >= 4 is 23.2 Å². The van der Waals surface area contributed by atoms with Crippen LogP contribution in [0.4, 0.5) is 0 Å². The van der Waals surface area contributed by atoms with Gasteiger partial charge in [-0.2, -0.15) is 21.2 Å². The van der Waals surface area contributed by atoms with Gasteiger partial charge in [-0.3, -0.25) is 14.5 Å². The van der Waals surface area contributed by atoms with Gasteiger partial charge in [0.2, 0.25) is 0 Å². The summed E-state index contributed by atoms with van der Waals surface area (Å²) in [6, 6.07) is 11.3. The van der Waals surface area contributed by atoms with Crippen molar-refractivity contribution < 1.29 is 9.59 Å². The van der Waals surface area contributed by atoms with Gasteiger partial charge in [0.15, 0.2) is 5.69 Å². The zero-order valence-electron chi connectivity index (χ0n) is 15.9. The summed E-state index contributed by atoms with van der Waals surface area (Å²) in [6.07, 6.45) is 1.52. The maximum absolute atomic E-state index is 12.7. The van der Waals surface area contributed by atoms with Gasteiger partial charge in [-0.1, -0.05) is 18.2 Å². The minimum Gasteiger partial charge on any atom is -0.351 e. The molecule has 1 fully saturated rings. The Morgan fingerprint density at radius 3 is 2.59 bits per heavy atom. The number of carbonyl (C=O) groups excluding carboxylic acids is 2. The Labute approximate surface area is 172 Å². The largest absolute Gasteiger partial charge is 0.351 e. The number of thiophene rings is 1. The number of benzene rings is 1. The summed E-state index contributed by atoms with van der Waals surface area (Å²) in [7, 11) is 0. The summed E-state index contributed by atoms with van der Waals surface area (Å²) >= 11 is 1.51. The van der Waals surface area contributed by atoms with Crippen LogP contribution in [0.25, 0.3) is 5.69 Å². The monoisotopic (exact) mass is 410 g/mol. The molecule has 1 aliphatic rings. The molecule has 0 atom stereocenters. The van der Waals surface area contributed by atoms with Crippen LogP contribution in [-0.4, -0.2) is 75.9 Å². The predicted molar refractivity (Wildman–Crippen MR) is 110 cm³/mol. The van der Waals surface area contributed by atoms with Gasteiger partial charge >= 0.3 is 0 Å². The Kier molecular flexibility index (Phi) is 5.97. The lowest BCUT2D eigenvalue weighted by molar-refractivity contribution is 0.0632. The zero-order chi connectivity index (χ0) is 20.1. The van der Waals surface area contributed by atoms with Gasteiger partial charge in [0, 0.05) is 50.2 Å². The van der Waals surface area contributed by atoms with Crippen LogP contribution < -0.4 is 5.32 Å². The van der Waals surface area contributed by atoms with E-state index in [2.05, 4.69) is 20.4 Å². The molecule has 9 heteroatoms. The number of piperazine rings is 1. The number of amides is 2. The molecule has 1 N–H and O–H groups in total. The highest BCUT2D eigenvalue weighted by Gasteiger charge is 2.24. The standard InChI is InChI=1S/C20H22N6O2S/c27-19(16-6-13-29-15-16)21-7-8-24-9-11-25(12-10-24)20(28)18-14-22-26(23-18)17-4-2-1-3-5-17/h1-6,13-15H,7-12H2,(H,21,27). The summed E-state index contributed by atoms with van der Waals surface area (Å²) < 4.78 is 0. The van der Waals surface area contributed by atoms with E-state index in [0.717, 1.165) is 25.3 Å². The maximum atomic E-state index is 12.7. The van der Waals surface area contributed by atoms with Crippen molar-refractivity contribution in [2.45, 2.75) is 0 Å². The molecule has 0 saturated carbocycles. The topological polar surface area (TPSA) is 83.4 Å². The number of para-hydroxylation sites is 1. The number of hydrogen-bond donors (Lipinski definition) is 1. The Hall–Kier alpha value is -3.04. The maximum Gasteiger partial charge on any atom is 0.276 e. The van der Waals surface area contributed by atoms with Gasteiger partial charge in [0.25, 0.3) is 11.8 Å². The van der Waals surface area contributed by atoms with E-state index in [4.69, 9.17) is 0 Å². The third-order valence-electron chi connectivity index (χ3n) is 4.85. The van der Waals surface area contributed by atoms with Crippen LogP contribution in [0.15, 0.2) is 53.4 Å². The molecule has 1 aliphatic heterocycles. The highest BCUT2D eigenvalue weighted by Crippen LogP contribution is 2.09. The van der Waals surface area contributed by atoms with Crippen molar-refractivity contribution in [1.82, 2.24) is 30.1 Å². The van der Waals surface area contributed by atoms with Gasteiger partial charge in [0.05, 0.1) is 11.9 Å². The van der Waals surface area contributed by atoms with E-state index < -0.39 is 0 Å². The van der Waals surface area contributed by atoms with E-state index in [9.17, 15) is 9.59 Å². The van der Waals surface area contributed by atoms with Gasteiger partial charge in [0.1, 0.15) is 0 Å². The average Bonchev–Trinajstić information content (AvgIpc) is 3.47. The molecular weight excluding hydrogens is 388 g/mol. The fourth-order valence-electron chi connectivity index (χ4n) is 3.21. The minimum absolute atomic E-state index is 0.0402. The van der Waals surface area contributed by atoms with Crippen molar-refractivity contribution in [3.8, 4) is 5.69 Å². The van der Waals surface area contributed by atoms with Gasteiger partial charge < -0.3 is 10.2 Å². The molecule has 2 aromatic heterocycles. The smallest absolute Gasteiger partial charge is 0.276 e. The Morgan fingerprint density at radius 1 is 1.07 bits per heavy atom. The van der Waals surface area contributed by atoms with Crippen molar-refractivity contribution in [2.24, 2.45) is 0 Å². The summed E-state index contributed by atoms with van der Waals surface area (Å²) in [4.78, 5) is 30.2. The van der Waals surface area contributed by atoms with Crippen LogP contribution >= 0.6 is 11.3 Å². The molecule has 2 amide bonds. The lowest BCUT2D eigenvalue weighted by atomic mass is 10.2. The highest BCUT2D eigenvalue weighted by atomic mass is 32.1. The number of hydrogen-bond acceptors (Lipinski definition) is 6. The SMILES string of the molecule is O=C(NCCN1CCN(C(=O)c2cnn(-c3ccccc3)n2)CC1)c1ccsc1. The normalized spacial score (nSPS) is 14.7. The van der Waals surface area contributed by atoms with E-state index in [1.807, 2.05) is 47.2 Å². The molecule has 29 heavy (non-hydrogen) atoms. The molecule has 0 aliphatic carbocycles. The molecule has 150 valence electrons. The van der Waals surface area contributed by atoms with E-state index >= 15 is 0 Å². The second-order valence-corrected chi connectivity index (χ2v) is 7.54. The quantitative estimate of drug-likeness (QED) is 0.666. The summed E-state index contributed by atoms with van der Waals surface area (Å²) in [5.41, 5.74) is 1.88. The van der Waals surface area contributed by atoms with E-state index in [1.165, 1.54) is 22.3 Å². The second kappa shape index (κ2) is 8.97. The third kappa shape index (κ3) is 4.69. The summed E-state index contributed by atoms with van der Waals surface area (Å²) in [5.74, 6) is -0.140. The molecule has 3 heterocycles.